The molecule has 1 N–H and O–H groups in total. The predicted octanol–water partition coefficient (Wildman–Crippen LogP) is 1.20. The molecule has 1 unspecified atom stereocenters. The standard InChI is InChI=1S/C15H16N4O3/c20-14(18-8-4-5-11(9-18)15(21)22)13-10-19(17-16-13)12-6-2-1-3-7-12/h1-3,6-7,10-11H,4-5,8-9H2,(H,21,22). The molecule has 0 saturated carbocycles. The summed E-state index contributed by atoms with van der Waals surface area (Å²) in [5, 5.41) is 17.0. The van der Waals surface area contributed by atoms with Gasteiger partial charge in [0.05, 0.1) is 17.8 Å². The van der Waals surface area contributed by atoms with Crippen molar-refractivity contribution >= 4 is 11.9 Å². The van der Waals surface area contributed by atoms with E-state index in [-0.39, 0.29) is 18.1 Å². The number of carboxylic acids is 1. The van der Waals surface area contributed by atoms with Gasteiger partial charge in [-0.15, -0.1) is 5.10 Å². The molecule has 0 aliphatic carbocycles. The summed E-state index contributed by atoms with van der Waals surface area (Å²) in [5.41, 5.74) is 1.05. The monoisotopic (exact) mass is 300 g/mol. The Kier molecular flexibility index (Phi) is 3.86. The molecule has 0 bridgehead atoms. The lowest BCUT2D eigenvalue weighted by atomic mass is 9.98. The van der Waals surface area contributed by atoms with E-state index < -0.39 is 11.9 Å². The molecule has 2 heterocycles. The van der Waals surface area contributed by atoms with Gasteiger partial charge in [0, 0.05) is 13.1 Å². The van der Waals surface area contributed by atoms with Crippen molar-refractivity contribution in [3.8, 4) is 5.69 Å². The molecule has 7 nitrogen and oxygen atoms in total. The number of hydrogen-bond donors (Lipinski definition) is 1. The minimum Gasteiger partial charge on any atom is -0.481 e. The van der Waals surface area contributed by atoms with Gasteiger partial charge in [0.25, 0.3) is 5.91 Å². The smallest absolute Gasteiger partial charge is 0.308 e. The number of aromatic nitrogens is 3. The minimum atomic E-state index is -0.856. The summed E-state index contributed by atoms with van der Waals surface area (Å²) in [4.78, 5) is 25.1. The SMILES string of the molecule is O=C(O)C1CCCN(C(=O)c2cn(-c3ccccc3)nn2)C1. The highest BCUT2D eigenvalue weighted by Crippen LogP contribution is 2.18. The highest BCUT2D eigenvalue weighted by Gasteiger charge is 2.29. The average molecular weight is 300 g/mol. The zero-order valence-electron chi connectivity index (χ0n) is 11.9. The second kappa shape index (κ2) is 5.97. The van der Waals surface area contributed by atoms with Crippen molar-refractivity contribution in [3.63, 3.8) is 0 Å². The lowest BCUT2D eigenvalue weighted by Gasteiger charge is -2.29. The number of carboxylic acid groups (broad SMARTS) is 1. The van der Waals surface area contributed by atoms with E-state index in [1.54, 1.807) is 11.1 Å². The summed E-state index contributed by atoms with van der Waals surface area (Å²) in [6, 6.07) is 9.38. The first kappa shape index (κ1) is 14.2. The van der Waals surface area contributed by atoms with Gasteiger partial charge in [-0.05, 0) is 25.0 Å². The van der Waals surface area contributed by atoms with Crippen LogP contribution in [0.3, 0.4) is 0 Å². The second-order valence-corrected chi connectivity index (χ2v) is 5.31. The molecule has 114 valence electrons. The van der Waals surface area contributed by atoms with Crippen LogP contribution >= 0.6 is 0 Å². The zero-order valence-corrected chi connectivity index (χ0v) is 11.9. The summed E-state index contributed by atoms with van der Waals surface area (Å²) in [5.74, 6) is -1.62. The molecular weight excluding hydrogens is 284 g/mol. The van der Waals surface area contributed by atoms with Crippen LogP contribution in [0.2, 0.25) is 0 Å². The van der Waals surface area contributed by atoms with Gasteiger partial charge in [0.2, 0.25) is 0 Å². The third kappa shape index (κ3) is 2.83. The number of carbonyl (C=O) groups excluding carboxylic acids is 1. The molecule has 0 spiro atoms. The largest absolute Gasteiger partial charge is 0.481 e. The van der Waals surface area contributed by atoms with Gasteiger partial charge in [-0.2, -0.15) is 0 Å². The molecule has 1 aliphatic heterocycles. The van der Waals surface area contributed by atoms with Gasteiger partial charge in [0.15, 0.2) is 5.69 Å². The van der Waals surface area contributed by atoms with Crippen molar-refractivity contribution in [3.05, 3.63) is 42.2 Å². The minimum absolute atomic E-state index is 0.229. The van der Waals surface area contributed by atoms with Crippen LogP contribution < -0.4 is 0 Å². The van der Waals surface area contributed by atoms with Gasteiger partial charge >= 0.3 is 5.97 Å². The fraction of sp³-hybridized carbons (Fsp3) is 0.333. The highest BCUT2D eigenvalue weighted by atomic mass is 16.4. The van der Waals surface area contributed by atoms with Crippen molar-refractivity contribution < 1.29 is 14.7 Å². The Morgan fingerprint density at radius 2 is 2.00 bits per heavy atom. The van der Waals surface area contributed by atoms with Gasteiger partial charge in [-0.25, -0.2) is 4.68 Å². The molecule has 1 fully saturated rings. The molecule has 2 aromatic rings. The van der Waals surface area contributed by atoms with Crippen molar-refractivity contribution in [1.82, 2.24) is 19.9 Å². The number of piperidine rings is 1. The fourth-order valence-corrected chi connectivity index (χ4v) is 2.59. The van der Waals surface area contributed by atoms with Gasteiger partial charge in [-0.1, -0.05) is 23.4 Å². The first-order chi connectivity index (χ1) is 10.6. The van der Waals surface area contributed by atoms with Crippen LogP contribution in [-0.2, 0) is 4.79 Å². The van der Waals surface area contributed by atoms with Crippen LogP contribution in [0, 0.1) is 5.92 Å². The van der Waals surface area contributed by atoms with E-state index in [4.69, 9.17) is 5.11 Å². The van der Waals surface area contributed by atoms with Crippen molar-refractivity contribution in [2.24, 2.45) is 5.92 Å². The summed E-state index contributed by atoms with van der Waals surface area (Å²) < 4.78 is 1.53. The van der Waals surface area contributed by atoms with E-state index in [9.17, 15) is 9.59 Å². The summed E-state index contributed by atoms with van der Waals surface area (Å²) in [6.07, 6.45) is 2.87. The van der Waals surface area contributed by atoms with Gasteiger partial charge in [0.1, 0.15) is 0 Å². The number of likely N-dealkylation sites (tertiary alicyclic amines) is 1. The van der Waals surface area contributed by atoms with Crippen LogP contribution in [0.4, 0.5) is 0 Å². The fourth-order valence-electron chi connectivity index (χ4n) is 2.59. The number of nitrogens with zero attached hydrogens (tertiary/aromatic N) is 4. The first-order valence-electron chi connectivity index (χ1n) is 7.15. The maximum atomic E-state index is 12.4. The number of para-hydroxylation sites is 1. The Bertz CT molecular complexity index is 683. The Morgan fingerprint density at radius 1 is 1.23 bits per heavy atom. The van der Waals surface area contributed by atoms with Crippen LogP contribution in [0.5, 0.6) is 0 Å². The number of rotatable bonds is 3. The number of carbonyl (C=O) groups is 2. The Labute approximate surface area is 127 Å². The third-order valence-corrected chi connectivity index (χ3v) is 3.79. The number of aliphatic carboxylic acids is 1. The zero-order chi connectivity index (χ0) is 15.5. The summed E-state index contributed by atoms with van der Waals surface area (Å²) >= 11 is 0. The highest BCUT2D eigenvalue weighted by molar-refractivity contribution is 5.92. The van der Waals surface area contributed by atoms with Crippen LogP contribution in [0.15, 0.2) is 36.5 Å². The first-order valence-corrected chi connectivity index (χ1v) is 7.15. The Balaban J connectivity index is 1.76. The van der Waals surface area contributed by atoms with E-state index in [0.29, 0.717) is 19.4 Å². The Morgan fingerprint density at radius 3 is 2.73 bits per heavy atom. The van der Waals surface area contributed by atoms with E-state index in [0.717, 1.165) is 5.69 Å². The number of benzene rings is 1. The molecule has 3 rings (SSSR count). The van der Waals surface area contributed by atoms with Crippen molar-refractivity contribution in [2.75, 3.05) is 13.1 Å². The van der Waals surface area contributed by atoms with E-state index in [1.807, 2.05) is 30.3 Å². The molecule has 0 radical (unpaired) electrons. The third-order valence-electron chi connectivity index (χ3n) is 3.79. The molecule has 1 amide bonds. The second-order valence-electron chi connectivity index (χ2n) is 5.31. The maximum absolute atomic E-state index is 12.4. The lowest BCUT2D eigenvalue weighted by molar-refractivity contribution is -0.143. The molecule has 1 aliphatic rings. The Hall–Kier alpha value is -2.70. The number of amides is 1. The lowest BCUT2D eigenvalue weighted by Crippen LogP contribution is -2.42. The molecule has 1 atom stereocenters. The topological polar surface area (TPSA) is 88.3 Å². The summed E-state index contributed by atoms with van der Waals surface area (Å²) in [6.45, 7) is 0.785. The van der Waals surface area contributed by atoms with Crippen molar-refractivity contribution in [2.45, 2.75) is 12.8 Å². The van der Waals surface area contributed by atoms with E-state index in [2.05, 4.69) is 10.3 Å². The van der Waals surface area contributed by atoms with E-state index >= 15 is 0 Å². The van der Waals surface area contributed by atoms with E-state index in [1.165, 1.54) is 4.68 Å². The predicted molar refractivity (Wildman–Crippen MR) is 77.6 cm³/mol. The average Bonchev–Trinajstić information content (AvgIpc) is 3.05. The van der Waals surface area contributed by atoms with Crippen LogP contribution in [-0.4, -0.2) is 50.0 Å². The maximum Gasteiger partial charge on any atom is 0.308 e. The molecule has 1 saturated heterocycles. The quantitative estimate of drug-likeness (QED) is 0.920. The normalized spacial score (nSPS) is 18.2. The van der Waals surface area contributed by atoms with Gasteiger partial charge in [-0.3, -0.25) is 9.59 Å². The van der Waals surface area contributed by atoms with Crippen LogP contribution in [0.1, 0.15) is 23.3 Å². The van der Waals surface area contributed by atoms with Crippen molar-refractivity contribution in [1.29, 1.82) is 0 Å². The number of hydrogen-bond acceptors (Lipinski definition) is 4. The molecule has 1 aromatic carbocycles. The molecule has 7 heteroatoms. The molecular formula is C15H16N4O3. The molecule has 1 aromatic heterocycles. The van der Waals surface area contributed by atoms with Gasteiger partial charge < -0.3 is 10.0 Å². The summed E-state index contributed by atoms with van der Waals surface area (Å²) in [7, 11) is 0. The van der Waals surface area contributed by atoms with Crippen LogP contribution in [0.25, 0.3) is 5.69 Å². The molecule has 22 heavy (non-hydrogen) atoms.